The van der Waals surface area contributed by atoms with Crippen molar-refractivity contribution in [1.29, 1.82) is 0 Å². The molecule has 2 aromatic heterocycles. The molecule has 2 aromatic rings. The summed E-state index contributed by atoms with van der Waals surface area (Å²) in [5.74, 6) is 2.21. The third kappa shape index (κ3) is 2.79. The molecule has 2 aliphatic rings. The van der Waals surface area contributed by atoms with E-state index in [0.717, 1.165) is 37.0 Å². The number of aromatic nitrogens is 4. The second-order valence-electron chi connectivity index (χ2n) is 6.70. The summed E-state index contributed by atoms with van der Waals surface area (Å²) in [6.45, 7) is 7.03. The van der Waals surface area contributed by atoms with E-state index in [1.54, 1.807) is 0 Å². The van der Waals surface area contributed by atoms with Crippen molar-refractivity contribution >= 4 is 0 Å². The maximum absolute atomic E-state index is 5.37. The molecular formula is C16H23N5O. The number of hydrogen-bond acceptors (Lipinski definition) is 5. The van der Waals surface area contributed by atoms with Gasteiger partial charge in [0.2, 0.25) is 5.89 Å². The molecule has 0 N–H and O–H groups in total. The second-order valence-corrected chi connectivity index (χ2v) is 6.70. The Morgan fingerprint density at radius 1 is 1.27 bits per heavy atom. The molecule has 0 unspecified atom stereocenters. The molecule has 0 bridgehead atoms. The van der Waals surface area contributed by atoms with Crippen LogP contribution in [0, 0.1) is 13.8 Å². The first-order chi connectivity index (χ1) is 10.7. The highest BCUT2D eigenvalue weighted by molar-refractivity contribution is 5.07. The minimum atomic E-state index is 0.515. The zero-order chi connectivity index (χ0) is 15.1. The summed E-state index contributed by atoms with van der Waals surface area (Å²) >= 11 is 0. The van der Waals surface area contributed by atoms with Crippen molar-refractivity contribution in [3.05, 3.63) is 29.2 Å². The van der Waals surface area contributed by atoms with Crippen LogP contribution in [-0.2, 0) is 13.1 Å². The average molecular weight is 301 g/mol. The van der Waals surface area contributed by atoms with E-state index in [-0.39, 0.29) is 0 Å². The van der Waals surface area contributed by atoms with Crippen molar-refractivity contribution in [1.82, 2.24) is 24.8 Å². The van der Waals surface area contributed by atoms with Crippen LogP contribution in [0.5, 0.6) is 0 Å². The lowest BCUT2D eigenvalue weighted by Crippen LogP contribution is -2.33. The molecule has 0 amide bonds. The summed E-state index contributed by atoms with van der Waals surface area (Å²) in [4.78, 5) is 7.03. The molecule has 6 nitrogen and oxygen atoms in total. The molecule has 22 heavy (non-hydrogen) atoms. The number of aryl methyl sites for hydroxylation is 2. The van der Waals surface area contributed by atoms with Crippen LogP contribution in [0.2, 0.25) is 0 Å². The molecule has 1 aliphatic heterocycles. The summed E-state index contributed by atoms with van der Waals surface area (Å²) < 4.78 is 7.50. The van der Waals surface area contributed by atoms with Gasteiger partial charge in [0, 0.05) is 17.7 Å². The summed E-state index contributed by atoms with van der Waals surface area (Å²) in [7, 11) is 0. The smallest absolute Gasteiger partial charge is 0.229 e. The van der Waals surface area contributed by atoms with E-state index < -0.39 is 0 Å². The molecule has 3 heterocycles. The zero-order valence-electron chi connectivity index (χ0n) is 13.3. The van der Waals surface area contributed by atoms with E-state index in [0.29, 0.717) is 12.0 Å². The minimum absolute atomic E-state index is 0.515. The van der Waals surface area contributed by atoms with Crippen LogP contribution < -0.4 is 0 Å². The SMILES string of the molecule is Cc1cc(C)n(C[C@@H]2CCCN2Cc2noc(C3CC3)n2)n1. The maximum Gasteiger partial charge on any atom is 0.229 e. The van der Waals surface area contributed by atoms with E-state index in [9.17, 15) is 0 Å². The lowest BCUT2D eigenvalue weighted by atomic mass is 10.2. The number of rotatable bonds is 5. The van der Waals surface area contributed by atoms with E-state index in [1.807, 2.05) is 0 Å². The Hall–Kier alpha value is -1.69. The first-order valence-corrected chi connectivity index (χ1v) is 8.26. The van der Waals surface area contributed by atoms with Gasteiger partial charge in [0.1, 0.15) is 0 Å². The third-order valence-corrected chi connectivity index (χ3v) is 4.74. The standard InChI is InChI=1S/C16H23N5O/c1-11-8-12(2)21(18-11)9-14-4-3-7-20(14)10-15-17-16(22-19-15)13-5-6-13/h8,13-14H,3-7,9-10H2,1-2H3/t14-/m0/s1. The van der Waals surface area contributed by atoms with Crippen LogP contribution in [0.15, 0.2) is 10.6 Å². The van der Waals surface area contributed by atoms with Gasteiger partial charge in [-0.2, -0.15) is 10.1 Å². The Balaban J connectivity index is 1.42. The molecule has 4 rings (SSSR count). The second kappa shape index (κ2) is 5.50. The van der Waals surface area contributed by atoms with E-state index in [1.165, 1.54) is 31.4 Å². The predicted octanol–water partition coefficient (Wildman–Crippen LogP) is 2.42. The predicted molar refractivity (Wildman–Crippen MR) is 81.4 cm³/mol. The van der Waals surface area contributed by atoms with Gasteiger partial charge in [-0.25, -0.2) is 0 Å². The van der Waals surface area contributed by atoms with E-state index in [4.69, 9.17) is 4.52 Å². The van der Waals surface area contributed by atoms with Crippen LogP contribution in [0.3, 0.4) is 0 Å². The summed E-state index contributed by atoms with van der Waals surface area (Å²) in [5, 5.41) is 8.74. The van der Waals surface area contributed by atoms with Gasteiger partial charge in [-0.15, -0.1) is 0 Å². The molecule has 0 spiro atoms. The van der Waals surface area contributed by atoms with Gasteiger partial charge >= 0.3 is 0 Å². The quantitative estimate of drug-likeness (QED) is 0.849. The van der Waals surface area contributed by atoms with Crippen molar-refractivity contribution in [2.45, 2.75) is 64.6 Å². The van der Waals surface area contributed by atoms with Crippen LogP contribution in [0.4, 0.5) is 0 Å². The van der Waals surface area contributed by atoms with Gasteiger partial charge in [0.25, 0.3) is 0 Å². The van der Waals surface area contributed by atoms with E-state index >= 15 is 0 Å². The van der Waals surface area contributed by atoms with Gasteiger partial charge in [0.05, 0.1) is 18.8 Å². The summed E-state index contributed by atoms with van der Waals surface area (Å²) in [5.41, 5.74) is 2.33. The molecule has 2 fully saturated rings. The minimum Gasteiger partial charge on any atom is -0.339 e. The summed E-state index contributed by atoms with van der Waals surface area (Å²) in [6.07, 6.45) is 4.85. The molecule has 1 atom stereocenters. The first kappa shape index (κ1) is 13.9. The van der Waals surface area contributed by atoms with Gasteiger partial charge in [0.15, 0.2) is 5.82 Å². The highest BCUT2D eigenvalue weighted by Crippen LogP contribution is 2.38. The highest BCUT2D eigenvalue weighted by Gasteiger charge is 2.31. The Labute approximate surface area is 130 Å². The molecule has 1 saturated carbocycles. The van der Waals surface area contributed by atoms with Crippen LogP contribution in [-0.4, -0.2) is 37.4 Å². The Morgan fingerprint density at radius 2 is 2.14 bits per heavy atom. The number of nitrogens with zero attached hydrogens (tertiary/aromatic N) is 5. The molecule has 6 heteroatoms. The lowest BCUT2D eigenvalue weighted by molar-refractivity contribution is 0.210. The fourth-order valence-electron chi connectivity index (χ4n) is 3.38. The van der Waals surface area contributed by atoms with Gasteiger partial charge in [-0.3, -0.25) is 9.58 Å². The fraction of sp³-hybridized carbons (Fsp3) is 0.688. The maximum atomic E-state index is 5.37. The van der Waals surface area contributed by atoms with Gasteiger partial charge in [-0.05, 0) is 52.1 Å². The topological polar surface area (TPSA) is 60.0 Å². The monoisotopic (exact) mass is 301 g/mol. The van der Waals surface area contributed by atoms with Crippen molar-refractivity contribution < 1.29 is 4.52 Å². The van der Waals surface area contributed by atoms with Crippen molar-refractivity contribution in [3.8, 4) is 0 Å². The molecule has 0 aromatic carbocycles. The molecular weight excluding hydrogens is 278 g/mol. The van der Waals surface area contributed by atoms with Gasteiger partial charge < -0.3 is 4.52 Å². The van der Waals surface area contributed by atoms with Crippen LogP contribution >= 0.6 is 0 Å². The normalized spacial score (nSPS) is 22.5. The first-order valence-electron chi connectivity index (χ1n) is 8.26. The van der Waals surface area contributed by atoms with Crippen LogP contribution in [0.25, 0.3) is 0 Å². The fourth-order valence-corrected chi connectivity index (χ4v) is 3.38. The van der Waals surface area contributed by atoms with Crippen LogP contribution in [0.1, 0.15) is 54.7 Å². The third-order valence-electron chi connectivity index (χ3n) is 4.74. The average Bonchev–Trinajstić information content (AvgIpc) is 2.93. The molecule has 0 radical (unpaired) electrons. The number of likely N-dealkylation sites (tertiary alicyclic amines) is 1. The molecule has 1 aliphatic carbocycles. The lowest BCUT2D eigenvalue weighted by Gasteiger charge is -2.23. The Kier molecular flexibility index (Phi) is 3.48. The Morgan fingerprint density at radius 3 is 2.86 bits per heavy atom. The van der Waals surface area contributed by atoms with Crippen molar-refractivity contribution in [3.63, 3.8) is 0 Å². The summed E-state index contributed by atoms with van der Waals surface area (Å²) in [6, 6.07) is 2.65. The van der Waals surface area contributed by atoms with Crippen molar-refractivity contribution in [2.24, 2.45) is 0 Å². The van der Waals surface area contributed by atoms with Gasteiger partial charge in [-0.1, -0.05) is 5.16 Å². The van der Waals surface area contributed by atoms with E-state index in [2.05, 4.69) is 44.7 Å². The largest absolute Gasteiger partial charge is 0.339 e. The zero-order valence-corrected chi connectivity index (χ0v) is 13.3. The van der Waals surface area contributed by atoms with Crippen molar-refractivity contribution in [2.75, 3.05) is 6.54 Å². The number of hydrogen-bond donors (Lipinski definition) is 0. The Bertz CT molecular complexity index is 657. The molecule has 118 valence electrons. The highest BCUT2D eigenvalue weighted by atomic mass is 16.5. The molecule has 1 saturated heterocycles.